The maximum absolute atomic E-state index is 12.3. The van der Waals surface area contributed by atoms with Gasteiger partial charge < -0.3 is 4.55 Å². The first kappa shape index (κ1) is 11.2. The molecule has 1 rings (SSSR count). The summed E-state index contributed by atoms with van der Waals surface area (Å²) in [5.74, 6) is 0. The largest absolute Gasteiger partial charge is 0.416 e. The van der Waals surface area contributed by atoms with Crippen LogP contribution in [0.1, 0.15) is 11.1 Å². The van der Waals surface area contributed by atoms with Gasteiger partial charge in [-0.05, 0) is 24.6 Å². The smallest absolute Gasteiger partial charge is 0.302 e. The Kier molecular flexibility index (Phi) is 2.96. The van der Waals surface area contributed by atoms with Crippen LogP contribution in [0.3, 0.4) is 0 Å². The van der Waals surface area contributed by atoms with E-state index in [0.717, 1.165) is 0 Å². The van der Waals surface area contributed by atoms with Crippen LogP contribution in [0, 0.1) is 6.92 Å². The second-order valence-corrected chi connectivity index (χ2v) is 3.69. The van der Waals surface area contributed by atoms with Crippen molar-refractivity contribution in [1.29, 1.82) is 0 Å². The highest BCUT2D eigenvalue weighted by molar-refractivity contribution is 7.79. The summed E-state index contributed by atoms with van der Waals surface area (Å²) in [5, 5.41) is 0. The van der Waals surface area contributed by atoms with Gasteiger partial charge in [0.15, 0.2) is 11.1 Å². The van der Waals surface area contributed by atoms with Crippen LogP contribution in [0.15, 0.2) is 23.1 Å². The van der Waals surface area contributed by atoms with Crippen LogP contribution >= 0.6 is 0 Å². The molecule has 0 aliphatic rings. The van der Waals surface area contributed by atoms with Crippen molar-refractivity contribution in [2.75, 3.05) is 0 Å². The third-order valence-electron chi connectivity index (χ3n) is 1.72. The lowest BCUT2D eigenvalue weighted by Crippen LogP contribution is -2.08. The molecule has 0 bridgehead atoms. The number of alkyl halides is 3. The first-order valence-electron chi connectivity index (χ1n) is 3.61. The molecule has 1 atom stereocenters. The Morgan fingerprint density at radius 1 is 1.36 bits per heavy atom. The molecule has 2 nitrogen and oxygen atoms in total. The van der Waals surface area contributed by atoms with E-state index in [9.17, 15) is 17.4 Å². The van der Waals surface area contributed by atoms with Crippen molar-refractivity contribution < 1.29 is 21.9 Å². The normalized spacial score (nSPS) is 14.1. The highest BCUT2D eigenvalue weighted by Gasteiger charge is 2.32. The van der Waals surface area contributed by atoms with Crippen molar-refractivity contribution in [3.63, 3.8) is 0 Å². The van der Waals surface area contributed by atoms with Gasteiger partial charge in [-0.25, -0.2) is 4.21 Å². The fraction of sp³-hybridized carbons (Fsp3) is 0.250. The maximum atomic E-state index is 12.3. The van der Waals surface area contributed by atoms with Gasteiger partial charge in [0.1, 0.15) is 0 Å². The summed E-state index contributed by atoms with van der Waals surface area (Å²) in [6.07, 6.45) is -4.49. The minimum absolute atomic E-state index is 0.0340. The average molecular weight is 224 g/mol. The average Bonchev–Trinajstić information content (AvgIpc) is 2.02. The van der Waals surface area contributed by atoms with Crippen LogP contribution in [0.25, 0.3) is 0 Å². The maximum Gasteiger partial charge on any atom is 0.416 e. The minimum atomic E-state index is -4.49. The Balaban J connectivity index is 3.29. The Bertz CT molecular complexity index is 373. The molecule has 0 amide bonds. The molecular formula is C8H7F3O2S. The third kappa shape index (κ3) is 2.33. The van der Waals surface area contributed by atoms with Crippen LogP contribution in [0.5, 0.6) is 0 Å². The zero-order valence-corrected chi connectivity index (χ0v) is 7.95. The molecule has 6 heteroatoms. The van der Waals surface area contributed by atoms with Crippen LogP contribution in [-0.4, -0.2) is 8.76 Å². The standard InChI is InChI=1S/C8H7F3O2S/c1-5-2-3-6(14(12)13)4-7(5)8(9,10)11/h2-4H,1H3,(H,12,13). The molecule has 78 valence electrons. The lowest BCUT2D eigenvalue weighted by Gasteiger charge is -2.10. The molecule has 0 heterocycles. The molecule has 0 spiro atoms. The molecule has 0 fully saturated rings. The van der Waals surface area contributed by atoms with Gasteiger partial charge in [-0.15, -0.1) is 0 Å². The van der Waals surface area contributed by atoms with Crippen LogP contribution in [0.4, 0.5) is 13.2 Å². The predicted molar refractivity (Wildman–Crippen MR) is 45.2 cm³/mol. The molecule has 0 aliphatic carbocycles. The summed E-state index contributed by atoms with van der Waals surface area (Å²) in [4.78, 5) is -0.247. The van der Waals surface area contributed by atoms with E-state index < -0.39 is 22.8 Å². The van der Waals surface area contributed by atoms with Crippen molar-refractivity contribution in [3.05, 3.63) is 29.3 Å². The summed E-state index contributed by atoms with van der Waals surface area (Å²) in [6.45, 7) is 1.30. The van der Waals surface area contributed by atoms with E-state index >= 15 is 0 Å². The Morgan fingerprint density at radius 2 is 1.93 bits per heavy atom. The van der Waals surface area contributed by atoms with E-state index in [-0.39, 0.29) is 10.5 Å². The van der Waals surface area contributed by atoms with Gasteiger partial charge in [0, 0.05) is 0 Å². The van der Waals surface area contributed by atoms with E-state index in [0.29, 0.717) is 6.07 Å². The summed E-state index contributed by atoms with van der Waals surface area (Å²) >= 11 is -2.38. The fourth-order valence-corrected chi connectivity index (χ4v) is 1.42. The zero-order valence-electron chi connectivity index (χ0n) is 7.13. The van der Waals surface area contributed by atoms with Gasteiger partial charge in [0.05, 0.1) is 10.5 Å². The summed E-state index contributed by atoms with van der Waals surface area (Å²) in [5.41, 5.74) is -0.843. The van der Waals surface area contributed by atoms with E-state index in [1.165, 1.54) is 19.1 Å². The van der Waals surface area contributed by atoms with Gasteiger partial charge in [-0.2, -0.15) is 13.2 Å². The second-order valence-electron chi connectivity index (χ2n) is 2.72. The number of hydrogen-bond acceptors (Lipinski definition) is 1. The number of aryl methyl sites for hydroxylation is 1. The molecule has 1 N–H and O–H groups in total. The number of rotatable bonds is 1. The van der Waals surface area contributed by atoms with Crippen LogP contribution < -0.4 is 0 Å². The van der Waals surface area contributed by atoms with Crippen molar-refractivity contribution in [2.45, 2.75) is 18.0 Å². The molecule has 0 saturated carbocycles. The lowest BCUT2D eigenvalue weighted by atomic mass is 10.1. The van der Waals surface area contributed by atoms with Crippen molar-refractivity contribution in [1.82, 2.24) is 0 Å². The molecule has 1 aromatic rings. The van der Waals surface area contributed by atoms with E-state index in [2.05, 4.69) is 0 Å². The molecule has 0 radical (unpaired) electrons. The van der Waals surface area contributed by atoms with Crippen LogP contribution in [-0.2, 0) is 17.3 Å². The molecule has 0 saturated heterocycles. The quantitative estimate of drug-likeness (QED) is 0.744. The van der Waals surface area contributed by atoms with Gasteiger partial charge >= 0.3 is 6.18 Å². The first-order valence-corrected chi connectivity index (χ1v) is 4.72. The van der Waals surface area contributed by atoms with Crippen molar-refractivity contribution in [3.8, 4) is 0 Å². The second kappa shape index (κ2) is 3.70. The van der Waals surface area contributed by atoms with E-state index in [1.807, 2.05) is 0 Å². The predicted octanol–water partition coefficient (Wildman–Crippen LogP) is 2.59. The Morgan fingerprint density at radius 3 is 2.36 bits per heavy atom. The van der Waals surface area contributed by atoms with Crippen LogP contribution in [0.2, 0.25) is 0 Å². The van der Waals surface area contributed by atoms with E-state index in [1.54, 1.807) is 0 Å². The first-order chi connectivity index (χ1) is 6.32. The molecule has 1 aromatic carbocycles. The minimum Gasteiger partial charge on any atom is -0.302 e. The monoisotopic (exact) mass is 224 g/mol. The van der Waals surface area contributed by atoms with Crippen molar-refractivity contribution in [2.24, 2.45) is 0 Å². The number of hydrogen-bond donors (Lipinski definition) is 1. The van der Waals surface area contributed by atoms with E-state index in [4.69, 9.17) is 4.55 Å². The van der Waals surface area contributed by atoms with Gasteiger partial charge in [-0.1, -0.05) is 6.07 Å². The lowest BCUT2D eigenvalue weighted by molar-refractivity contribution is -0.138. The summed E-state index contributed by atoms with van der Waals surface area (Å²) in [6, 6.07) is 3.05. The number of halogens is 3. The topological polar surface area (TPSA) is 37.3 Å². The Labute approximate surface area is 81.0 Å². The molecular weight excluding hydrogens is 217 g/mol. The Hall–Kier alpha value is -0.880. The molecule has 1 unspecified atom stereocenters. The number of benzene rings is 1. The molecule has 0 aromatic heterocycles. The molecule has 14 heavy (non-hydrogen) atoms. The van der Waals surface area contributed by atoms with Gasteiger partial charge in [0.25, 0.3) is 0 Å². The fourth-order valence-electron chi connectivity index (χ4n) is 1.02. The van der Waals surface area contributed by atoms with Crippen molar-refractivity contribution >= 4 is 11.1 Å². The van der Waals surface area contributed by atoms with Gasteiger partial charge in [-0.3, -0.25) is 0 Å². The zero-order chi connectivity index (χ0) is 10.9. The molecule has 0 aliphatic heterocycles. The summed E-state index contributed by atoms with van der Waals surface area (Å²) < 4.78 is 56.1. The third-order valence-corrected chi connectivity index (χ3v) is 2.37. The SMILES string of the molecule is Cc1ccc(S(=O)O)cc1C(F)(F)F. The highest BCUT2D eigenvalue weighted by atomic mass is 32.2. The summed E-state index contributed by atoms with van der Waals surface area (Å²) in [7, 11) is 0. The highest BCUT2D eigenvalue weighted by Crippen LogP contribution is 2.32. The van der Waals surface area contributed by atoms with Gasteiger partial charge in [0.2, 0.25) is 0 Å².